The number of likely N-dealkylation sites (tertiary alicyclic amines) is 1. The van der Waals surface area contributed by atoms with Crippen molar-refractivity contribution < 1.29 is 9.59 Å². The van der Waals surface area contributed by atoms with E-state index < -0.39 is 0 Å². The number of primary amides is 1. The van der Waals surface area contributed by atoms with Crippen molar-refractivity contribution in [3.05, 3.63) is 42.5 Å². The Hall–Kier alpha value is -2.56. The molecule has 1 heterocycles. The largest absolute Gasteiger partial charge is 0.369 e. The van der Waals surface area contributed by atoms with Gasteiger partial charge in [-0.2, -0.15) is 0 Å². The van der Waals surface area contributed by atoms with Crippen LogP contribution >= 0.6 is 0 Å². The molecule has 1 atom stereocenters. The van der Waals surface area contributed by atoms with Crippen LogP contribution in [0.5, 0.6) is 0 Å². The number of carbonyl (C=O) groups excluding carboxylic acids is 2. The van der Waals surface area contributed by atoms with E-state index in [4.69, 9.17) is 5.73 Å². The summed E-state index contributed by atoms with van der Waals surface area (Å²) >= 11 is 0. The Morgan fingerprint density at radius 3 is 2.71 bits per heavy atom. The fourth-order valence-corrected chi connectivity index (χ4v) is 3.24. The monoisotopic (exact) mass is 325 g/mol. The number of hydrogen-bond donors (Lipinski definition) is 1. The number of fused-ring (bicyclic) bond motifs is 1. The van der Waals surface area contributed by atoms with Gasteiger partial charge in [0.05, 0.1) is 12.5 Å². The van der Waals surface area contributed by atoms with Gasteiger partial charge in [0.1, 0.15) is 0 Å². The van der Waals surface area contributed by atoms with Crippen LogP contribution in [0.25, 0.3) is 10.8 Å². The number of hydrogen-bond acceptors (Lipinski definition) is 3. The molecule has 1 fully saturated rings. The summed E-state index contributed by atoms with van der Waals surface area (Å²) in [5, 5.41) is 2.34. The molecule has 24 heavy (non-hydrogen) atoms. The van der Waals surface area contributed by atoms with Gasteiger partial charge in [-0.15, -0.1) is 0 Å². The summed E-state index contributed by atoms with van der Waals surface area (Å²) in [4.78, 5) is 27.6. The fourth-order valence-electron chi connectivity index (χ4n) is 3.24. The molecule has 1 saturated heterocycles. The van der Waals surface area contributed by atoms with E-state index in [0.29, 0.717) is 19.6 Å². The van der Waals surface area contributed by atoms with Gasteiger partial charge in [0.2, 0.25) is 11.8 Å². The number of anilines is 1. The molecule has 0 saturated carbocycles. The highest BCUT2D eigenvalue weighted by molar-refractivity contribution is 5.87. The second-order valence-corrected chi connectivity index (χ2v) is 6.47. The highest BCUT2D eigenvalue weighted by Gasteiger charge is 2.27. The second kappa shape index (κ2) is 6.91. The molecule has 2 aromatic carbocycles. The molecular formula is C19H23N3O2. The molecule has 0 aliphatic carbocycles. The summed E-state index contributed by atoms with van der Waals surface area (Å²) in [6.45, 7) is 1.44. The zero-order valence-corrected chi connectivity index (χ0v) is 13.9. The van der Waals surface area contributed by atoms with Gasteiger partial charge in [0, 0.05) is 25.8 Å². The van der Waals surface area contributed by atoms with Crippen LogP contribution in [0.4, 0.5) is 5.69 Å². The smallest absolute Gasteiger partial charge is 0.242 e. The first kappa shape index (κ1) is 16.3. The maximum Gasteiger partial charge on any atom is 0.242 e. The van der Waals surface area contributed by atoms with Gasteiger partial charge in [0.15, 0.2) is 0 Å². The minimum absolute atomic E-state index is 0.0385. The molecule has 0 bridgehead atoms. The minimum atomic E-state index is -0.310. The summed E-state index contributed by atoms with van der Waals surface area (Å²) in [7, 11) is 1.91. The van der Waals surface area contributed by atoms with Gasteiger partial charge in [-0.25, -0.2) is 0 Å². The minimum Gasteiger partial charge on any atom is -0.369 e. The van der Waals surface area contributed by atoms with Crippen LogP contribution in [-0.4, -0.2) is 43.4 Å². The summed E-state index contributed by atoms with van der Waals surface area (Å²) in [6.07, 6.45) is 1.61. The number of benzene rings is 2. The Bertz CT molecular complexity index is 759. The molecule has 3 rings (SSSR count). The van der Waals surface area contributed by atoms with Crippen molar-refractivity contribution in [1.29, 1.82) is 0 Å². The van der Waals surface area contributed by atoms with E-state index in [0.717, 1.165) is 23.9 Å². The van der Waals surface area contributed by atoms with E-state index in [1.54, 1.807) is 4.90 Å². The number of piperidine rings is 1. The first-order valence-electron chi connectivity index (χ1n) is 8.31. The molecule has 0 unspecified atom stereocenters. The molecule has 5 heteroatoms. The third-order valence-electron chi connectivity index (χ3n) is 4.72. The predicted octanol–water partition coefficient (Wildman–Crippen LogP) is 2.00. The summed E-state index contributed by atoms with van der Waals surface area (Å²) in [5.74, 6) is -0.485. The van der Waals surface area contributed by atoms with Crippen molar-refractivity contribution in [1.82, 2.24) is 4.90 Å². The Morgan fingerprint density at radius 1 is 1.21 bits per heavy atom. The number of nitrogens with two attached hydrogens (primary N) is 1. The van der Waals surface area contributed by atoms with Gasteiger partial charge in [-0.1, -0.05) is 30.3 Å². The summed E-state index contributed by atoms with van der Waals surface area (Å²) in [6, 6.07) is 14.3. The predicted molar refractivity (Wildman–Crippen MR) is 95.7 cm³/mol. The lowest BCUT2D eigenvalue weighted by atomic mass is 9.97. The fraction of sp³-hybridized carbons (Fsp3) is 0.368. The maximum atomic E-state index is 12.5. The van der Waals surface area contributed by atoms with Gasteiger partial charge in [-0.3, -0.25) is 9.59 Å². The quantitative estimate of drug-likeness (QED) is 0.935. The Morgan fingerprint density at radius 2 is 1.96 bits per heavy atom. The second-order valence-electron chi connectivity index (χ2n) is 6.47. The lowest BCUT2D eigenvalue weighted by Gasteiger charge is -2.32. The molecule has 2 N–H and O–H groups in total. The molecular weight excluding hydrogens is 302 g/mol. The van der Waals surface area contributed by atoms with Crippen molar-refractivity contribution in [3.8, 4) is 0 Å². The Balaban J connectivity index is 1.67. The average Bonchev–Trinajstić information content (AvgIpc) is 2.61. The lowest BCUT2D eigenvalue weighted by molar-refractivity contribution is -0.133. The van der Waals surface area contributed by atoms with Gasteiger partial charge in [0.25, 0.3) is 0 Å². The molecule has 2 amide bonds. The lowest BCUT2D eigenvalue weighted by Crippen LogP contribution is -2.47. The third-order valence-corrected chi connectivity index (χ3v) is 4.72. The number of nitrogens with zero attached hydrogens (tertiary/aromatic N) is 2. The maximum absolute atomic E-state index is 12.5. The van der Waals surface area contributed by atoms with Crippen molar-refractivity contribution in [2.75, 3.05) is 31.6 Å². The van der Waals surface area contributed by atoms with Gasteiger partial charge in [-0.05, 0) is 35.7 Å². The normalized spacial score (nSPS) is 17.7. The number of rotatable bonds is 4. The summed E-state index contributed by atoms with van der Waals surface area (Å²) < 4.78 is 0. The average molecular weight is 325 g/mol. The van der Waals surface area contributed by atoms with E-state index >= 15 is 0 Å². The van der Waals surface area contributed by atoms with Crippen molar-refractivity contribution in [3.63, 3.8) is 0 Å². The third kappa shape index (κ3) is 3.50. The van der Waals surface area contributed by atoms with E-state index in [2.05, 4.69) is 24.3 Å². The standard InChI is InChI=1S/C19H23N3O2/c1-21(17-9-8-14-5-2-3-6-15(14)11-17)13-18(23)22-10-4-7-16(12-22)19(20)24/h2-3,5-6,8-9,11,16H,4,7,10,12-13H2,1H3,(H2,20,24)/t16-/m0/s1. The first-order valence-corrected chi connectivity index (χ1v) is 8.31. The van der Waals surface area contributed by atoms with E-state index in [1.807, 2.05) is 30.1 Å². The van der Waals surface area contributed by atoms with Crippen LogP contribution in [0, 0.1) is 5.92 Å². The zero-order chi connectivity index (χ0) is 17.1. The van der Waals surface area contributed by atoms with Crippen LogP contribution in [0.3, 0.4) is 0 Å². The van der Waals surface area contributed by atoms with E-state index in [1.165, 1.54) is 5.39 Å². The molecule has 2 aromatic rings. The van der Waals surface area contributed by atoms with E-state index in [-0.39, 0.29) is 17.7 Å². The van der Waals surface area contributed by atoms with Crippen molar-refractivity contribution in [2.24, 2.45) is 11.7 Å². The first-order chi connectivity index (χ1) is 11.5. The van der Waals surface area contributed by atoms with Crippen LogP contribution < -0.4 is 10.6 Å². The zero-order valence-electron chi connectivity index (χ0n) is 13.9. The molecule has 0 spiro atoms. The van der Waals surface area contributed by atoms with Crippen molar-refractivity contribution >= 4 is 28.3 Å². The summed E-state index contributed by atoms with van der Waals surface area (Å²) in [5.41, 5.74) is 6.39. The molecule has 5 nitrogen and oxygen atoms in total. The van der Waals surface area contributed by atoms with Gasteiger partial charge >= 0.3 is 0 Å². The number of likely N-dealkylation sites (N-methyl/N-ethyl adjacent to an activating group) is 1. The van der Waals surface area contributed by atoms with Gasteiger partial charge < -0.3 is 15.5 Å². The topological polar surface area (TPSA) is 66.6 Å². The molecule has 1 aliphatic heterocycles. The molecule has 1 aliphatic rings. The highest BCUT2D eigenvalue weighted by atomic mass is 16.2. The van der Waals surface area contributed by atoms with Crippen molar-refractivity contribution in [2.45, 2.75) is 12.8 Å². The number of amides is 2. The highest BCUT2D eigenvalue weighted by Crippen LogP contribution is 2.22. The Labute approximate surface area is 142 Å². The van der Waals surface area contributed by atoms with Crippen LogP contribution in [0.2, 0.25) is 0 Å². The molecule has 126 valence electrons. The van der Waals surface area contributed by atoms with Crippen LogP contribution in [-0.2, 0) is 9.59 Å². The molecule has 0 aromatic heterocycles. The Kier molecular flexibility index (Phi) is 4.69. The van der Waals surface area contributed by atoms with Crippen LogP contribution in [0.15, 0.2) is 42.5 Å². The SMILES string of the molecule is CN(CC(=O)N1CCC[C@H](C(N)=O)C1)c1ccc2ccccc2c1. The van der Waals surface area contributed by atoms with Crippen LogP contribution in [0.1, 0.15) is 12.8 Å². The molecule has 0 radical (unpaired) electrons. The number of carbonyl (C=O) groups is 2. The van der Waals surface area contributed by atoms with E-state index in [9.17, 15) is 9.59 Å².